The van der Waals surface area contributed by atoms with E-state index in [9.17, 15) is 19.2 Å². The molecule has 282 valence electrons. The van der Waals surface area contributed by atoms with Crippen LogP contribution in [0.1, 0.15) is 72.6 Å². The molecule has 2 saturated heterocycles. The number of nitrogens with zero attached hydrogens (tertiary/aromatic N) is 3. The molecule has 3 heterocycles. The second kappa shape index (κ2) is 15.6. The van der Waals surface area contributed by atoms with E-state index in [0.29, 0.717) is 54.2 Å². The third-order valence-electron chi connectivity index (χ3n) is 11.0. The number of rotatable bonds is 11. The van der Waals surface area contributed by atoms with Crippen LogP contribution in [0.25, 0.3) is 22.2 Å². The van der Waals surface area contributed by atoms with E-state index in [1.807, 2.05) is 80.3 Å². The molecule has 3 fully saturated rings. The minimum Gasteiger partial charge on any atom is -0.497 e. The number of nitrogens with one attached hydrogen (secondary N) is 1. The van der Waals surface area contributed by atoms with Gasteiger partial charge in [0.15, 0.2) is 5.54 Å². The van der Waals surface area contributed by atoms with Gasteiger partial charge in [0, 0.05) is 49.0 Å². The van der Waals surface area contributed by atoms with Crippen molar-refractivity contribution >= 4 is 34.6 Å². The van der Waals surface area contributed by atoms with Crippen LogP contribution >= 0.6 is 0 Å². The zero-order valence-electron chi connectivity index (χ0n) is 31.6. The van der Waals surface area contributed by atoms with Crippen LogP contribution in [-0.2, 0) is 23.9 Å². The second-order valence-corrected chi connectivity index (χ2v) is 15.5. The Hall–Kier alpha value is -4.93. The first-order valence-corrected chi connectivity index (χ1v) is 18.8. The van der Waals surface area contributed by atoms with Gasteiger partial charge in [-0.1, -0.05) is 57.7 Å². The van der Waals surface area contributed by atoms with Gasteiger partial charge in [-0.15, -0.1) is 0 Å². The summed E-state index contributed by atoms with van der Waals surface area (Å²) in [4.78, 5) is 64.3. The first-order chi connectivity index (χ1) is 25.3. The number of ether oxygens (including phenoxy) is 3. The number of methoxy groups -OCH3 is 1. The average molecular weight is 725 g/mol. The van der Waals surface area contributed by atoms with Crippen LogP contribution in [0.2, 0.25) is 0 Å². The van der Waals surface area contributed by atoms with Crippen LogP contribution in [0.15, 0.2) is 66.7 Å². The fourth-order valence-corrected chi connectivity index (χ4v) is 7.67. The molecule has 11 nitrogen and oxygen atoms in total. The van der Waals surface area contributed by atoms with Gasteiger partial charge in [-0.25, -0.2) is 9.78 Å². The molecule has 2 aliphatic heterocycles. The van der Waals surface area contributed by atoms with Crippen LogP contribution in [0.5, 0.6) is 11.5 Å². The molecule has 1 N–H and O–H groups in total. The van der Waals surface area contributed by atoms with Crippen molar-refractivity contribution in [1.82, 2.24) is 20.1 Å². The summed E-state index contributed by atoms with van der Waals surface area (Å²) in [5, 5.41) is 3.71. The summed E-state index contributed by atoms with van der Waals surface area (Å²) in [6, 6.07) is 16.3. The summed E-state index contributed by atoms with van der Waals surface area (Å²) in [5.41, 5.74) is 0.912. The number of piperidine rings is 1. The molecular weight excluding hydrogens is 672 g/mol. The lowest BCUT2D eigenvalue weighted by atomic mass is 9.72. The first-order valence-electron chi connectivity index (χ1n) is 18.8. The number of pyridine rings is 1. The van der Waals surface area contributed by atoms with Crippen LogP contribution in [-0.4, -0.2) is 89.5 Å². The maximum atomic E-state index is 14.8. The van der Waals surface area contributed by atoms with E-state index in [1.54, 1.807) is 18.9 Å². The van der Waals surface area contributed by atoms with E-state index < -0.39 is 40.9 Å². The molecule has 3 aliphatic rings. The number of aromatic nitrogens is 1. The third-order valence-corrected chi connectivity index (χ3v) is 11.0. The fraction of sp³-hybridized carbons (Fsp3) is 0.500. The van der Waals surface area contributed by atoms with E-state index in [-0.39, 0.29) is 37.8 Å². The monoisotopic (exact) mass is 724 g/mol. The molecule has 53 heavy (non-hydrogen) atoms. The third kappa shape index (κ3) is 7.89. The number of amides is 3. The summed E-state index contributed by atoms with van der Waals surface area (Å²) in [7, 11) is 1.60. The summed E-state index contributed by atoms with van der Waals surface area (Å²) in [5.74, 6) is -0.870. The summed E-state index contributed by atoms with van der Waals surface area (Å²) in [6.45, 7) is 13.3. The molecule has 1 saturated carbocycles. The SMILES string of the molecule is C=C1CCC1(NC(=O)[C@@H]1C[C@@H](Oc2cc(-c3ccccc3)nc3cc(OC)ccc23)CN1C(=O)[C@@H](CC(=O)N1CCCCC1)C(C)(C)C)C(=O)OCC. The summed E-state index contributed by atoms with van der Waals surface area (Å²) >= 11 is 0. The minimum atomic E-state index is -1.35. The molecule has 2 aromatic carbocycles. The minimum absolute atomic E-state index is 0.0412. The molecule has 0 radical (unpaired) electrons. The van der Waals surface area contributed by atoms with Gasteiger partial charge >= 0.3 is 5.97 Å². The predicted molar refractivity (Wildman–Crippen MR) is 202 cm³/mol. The molecule has 4 atom stereocenters. The first kappa shape index (κ1) is 37.8. The van der Waals surface area contributed by atoms with E-state index in [0.717, 1.165) is 30.2 Å². The quantitative estimate of drug-likeness (QED) is 0.186. The van der Waals surface area contributed by atoms with Gasteiger partial charge in [0.1, 0.15) is 23.6 Å². The number of esters is 1. The highest BCUT2D eigenvalue weighted by molar-refractivity contribution is 5.97. The highest BCUT2D eigenvalue weighted by Crippen LogP contribution is 2.40. The van der Waals surface area contributed by atoms with E-state index >= 15 is 0 Å². The van der Waals surface area contributed by atoms with Crippen LogP contribution in [0.4, 0.5) is 0 Å². The van der Waals surface area contributed by atoms with Crippen molar-refractivity contribution in [2.45, 2.75) is 90.3 Å². The molecule has 3 amide bonds. The van der Waals surface area contributed by atoms with Gasteiger partial charge in [-0.05, 0) is 62.1 Å². The zero-order valence-corrected chi connectivity index (χ0v) is 31.6. The number of benzene rings is 2. The van der Waals surface area contributed by atoms with Crippen molar-refractivity contribution in [3.05, 3.63) is 66.7 Å². The van der Waals surface area contributed by atoms with E-state index in [4.69, 9.17) is 19.2 Å². The smallest absolute Gasteiger partial charge is 0.336 e. The van der Waals surface area contributed by atoms with Crippen molar-refractivity contribution in [3.8, 4) is 22.8 Å². The highest BCUT2D eigenvalue weighted by Gasteiger charge is 2.53. The Morgan fingerprint density at radius 3 is 2.40 bits per heavy atom. The molecule has 0 spiro atoms. The Labute approximate surface area is 312 Å². The predicted octanol–water partition coefficient (Wildman–Crippen LogP) is 6.09. The maximum Gasteiger partial charge on any atom is 0.336 e. The number of likely N-dealkylation sites (tertiary alicyclic amines) is 2. The fourth-order valence-electron chi connectivity index (χ4n) is 7.67. The Balaban J connectivity index is 1.34. The molecule has 0 bridgehead atoms. The molecule has 1 aromatic heterocycles. The van der Waals surface area contributed by atoms with Gasteiger partial charge in [0.25, 0.3) is 0 Å². The maximum absolute atomic E-state index is 14.8. The number of carbonyl (C=O) groups excluding carboxylic acids is 4. The normalized spacial score (nSPS) is 22.2. The van der Waals surface area contributed by atoms with E-state index in [2.05, 4.69) is 11.9 Å². The van der Waals surface area contributed by atoms with E-state index in [1.165, 1.54) is 0 Å². The van der Waals surface area contributed by atoms with Crippen LogP contribution in [0.3, 0.4) is 0 Å². The largest absolute Gasteiger partial charge is 0.497 e. The van der Waals surface area contributed by atoms with Gasteiger partial charge < -0.3 is 29.3 Å². The highest BCUT2D eigenvalue weighted by atomic mass is 16.5. The molecule has 11 heteroatoms. The molecule has 1 aliphatic carbocycles. The Bertz CT molecular complexity index is 1870. The number of carbonyl (C=O) groups is 4. The van der Waals surface area contributed by atoms with Crippen molar-refractivity contribution in [2.24, 2.45) is 11.3 Å². The van der Waals surface area contributed by atoms with Gasteiger partial charge in [0.2, 0.25) is 17.7 Å². The molecule has 6 rings (SSSR count). The van der Waals surface area contributed by atoms with Gasteiger partial charge in [-0.2, -0.15) is 0 Å². The Morgan fingerprint density at radius 2 is 1.77 bits per heavy atom. The number of fused-ring (bicyclic) bond motifs is 1. The van der Waals surface area contributed by atoms with Gasteiger partial charge in [0.05, 0.1) is 37.4 Å². The van der Waals surface area contributed by atoms with Crippen LogP contribution < -0.4 is 14.8 Å². The van der Waals surface area contributed by atoms with Gasteiger partial charge in [-0.3, -0.25) is 14.4 Å². The molecular formula is C42H52N4O7. The van der Waals surface area contributed by atoms with Crippen molar-refractivity contribution in [1.29, 1.82) is 0 Å². The van der Waals surface area contributed by atoms with Crippen molar-refractivity contribution < 1.29 is 33.4 Å². The molecule has 1 unspecified atom stereocenters. The Kier molecular flexibility index (Phi) is 11.1. The summed E-state index contributed by atoms with van der Waals surface area (Å²) < 4.78 is 17.6. The lowest BCUT2D eigenvalue weighted by Gasteiger charge is -2.43. The second-order valence-electron chi connectivity index (χ2n) is 15.5. The zero-order chi connectivity index (χ0) is 37.9. The summed E-state index contributed by atoms with van der Waals surface area (Å²) in [6.07, 6.45) is 3.54. The number of hydrogen-bond donors (Lipinski definition) is 1. The van der Waals surface area contributed by atoms with Crippen molar-refractivity contribution in [3.63, 3.8) is 0 Å². The lowest BCUT2D eigenvalue weighted by molar-refractivity contribution is -0.155. The topological polar surface area (TPSA) is 127 Å². The lowest BCUT2D eigenvalue weighted by Crippen LogP contribution is -2.64. The van der Waals surface area contributed by atoms with Crippen LogP contribution in [0, 0.1) is 11.3 Å². The average Bonchev–Trinajstić information content (AvgIpc) is 3.58. The number of hydrogen-bond acceptors (Lipinski definition) is 8. The Morgan fingerprint density at radius 1 is 1.04 bits per heavy atom. The van der Waals surface area contributed by atoms with Crippen molar-refractivity contribution in [2.75, 3.05) is 33.4 Å². The molecule has 3 aromatic rings. The standard InChI is InChI=1S/C42H52N4O7/c1-7-52-40(50)42(19-18-27(42)2)44-38(48)35-23-30(26-46(35)39(49)32(41(3,4)5)24-37(47)45-20-12-9-13-21-45)53-36-25-33(28-14-10-8-11-15-28)43-34-22-29(51-6)16-17-31(34)36/h8,10-11,14-17,22,25,30,32,35H,2,7,9,12-13,18-21,23-24,26H2,1,3-6H3,(H,44,48)/t30-,32-,35+,42?/m1/s1.